The molecule has 0 bridgehead atoms. The Bertz CT molecular complexity index is 782. The van der Waals surface area contributed by atoms with E-state index in [0.29, 0.717) is 12.1 Å². The second kappa shape index (κ2) is 6.07. The number of aliphatic hydroxyl groups excluding tert-OH is 1. The molecule has 5 heteroatoms. The molecule has 1 N–H and O–H groups in total. The predicted octanol–water partition coefficient (Wildman–Crippen LogP) is 3.37. The molecular formula is C17H14F2N2O. The average Bonchev–Trinajstić information content (AvgIpc) is 2.98. The Morgan fingerprint density at radius 3 is 2.45 bits per heavy atom. The SMILES string of the molecule is OCc1cnn(Cc2ccc(-c3cc(F)ccc3F)cc2)c1. The van der Waals surface area contributed by atoms with Crippen LogP contribution in [0.1, 0.15) is 11.1 Å². The van der Waals surface area contributed by atoms with Crippen LogP contribution in [0, 0.1) is 11.6 Å². The van der Waals surface area contributed by atoms with Crippen molar-refractivity contribution in [3.8, 4) is 11.1 Å². The number of nitrogens with zero attached hydrogens (tertiary/aromatic N) is 2. The van der Waals surface area contributed by atoms with E-state index < -0.39 is 11.6 Å². The molecule has 3 aromatic rings. The summed E-state index contributed by atoms with van der Waals surface area (Å²) in [6, 6.07) is 10.6. The highest BCUT2D eigenvalue weighted by Crippen LogP contribution is 2.24. The van der Waals surface area contributed by atoms with Gasteiger partial charge in [-0.1, -0.05) is 24.3 Å². The van der Waals surface area contributed by atoms with Crippen molar-refractivity contribution < 1.29 is 13.9 Å². The third-order valence-corrected chi connectivity index (χ3v) is 3.41. The monoisotopic (exact) mass is 300 g/mol. The Labute approximate surface area is 126 Å². The molecule has 3 nitrogen and oxygen atoms in total. The van der Waals surface area contributed by atoms with Crippen LogP contribution in [0.2, 0.25) is 0 Å². The Morgan fingerprint density at radius 2 is 1.77 bits per heavy atom. The molecule has 0 aliphatic heterocycles. The highest BCUT2D eigenvalue weighted by atomic mass is 19.1. The van der Waals surface area contributed by atoms with E-state index in [4.69, 9.17) is 5.11 Å². The molecule has 0 atom stereocenters. The van der Waals surface area contributed by atoms with Gasteiger partial charge in [-0.3, -0.25) is 4.68 Å². The Balaban J connectivity index is 1.81. The van der Waals surface area contributed by atoms with E-state index in [9.17, 15) is 8.78 Å². The van der Waals surface area contributed by atoms with Crippen molar-refractivity contribution in [2.45, 2.75) is 13.2 Å². The lowest BCUT2D eigenvalue weighted by molar-refractivity contribution is 0.281. The number of aliphatic hydroxyl groups is 1. The van der Waals surface area contributed by atoms with Gasteiger partial charge in [0.25, 0.3) is 0 Å². The largest absolute Gasteiger partial charge is 0.392 e. The maximum atomic E-state index is 13.7. The van der Waals surface area contributed by atoms with Gasteiger partial charge in [-0.15, -0.1) is 0 Å². The van der Waals surface area contributed by atoms with E-state index in [0.717, 1.165) is 23.3 Å². The standard InChI is InChI=1S/C17H14F2N2O/c18-15-5-6-17(19)16(7-15)14-3-1-12(2-4-14)9-21-10-13(11-22)8-20-21/h1-8,10,22H,9,11H2. The first-order valence-electron chi connectivity index (χ1n) is 6.82. The second-order valence-electron chi connectivity index (χ2n) is 5.03. The molecule has 112 valence electrons. The van der Waals surface area contributed by atoms with Gasteiger partial charge in [-0.25, -0.2) is 8.78 Å². The van der Waals surface area contributed by atoms with Gasteiger partial charge in [0, 0.05) is 17.3 Å². The third kappa shape index (κ3) is 3.04. The number of halogens is 2. The zero-order valence-electron chi connectivity index (χ0n) is 11.7. The summed E-state index contributed by atoms with van der Waals surface area (Å²) < 4.78 is 28.7. The van der Waals surface area contributed by atoms with E-state index in [-0.39, 0.29) is 12.2 Å². The molecule has 22 heavy (non-hydrogen) atoms. The van der Waals surface area contributed by atoms with Crippen molar-refractivity contribution in [1.29, 1.82) is 0 Å². The molecule has 0 amide bonds. The summed E-state index contributed by atoms with van der Waals surface area (Å²) in [4.78, 5) is 0. The Hall–Kier alpha value is -2.53. The summed E-state index contributed by atoms with van der Waals surface area (Å²) in [5.41, 5.74) is 2.59. The normalized spacial score (nSPS) is 10.9. The van der Waals surface area contributed by atoms with Crippen LogP contribution in [0.15, 0.2) is 54.9 Å². The minimum Gasteiger partial charge on any atom is -0.392 e. The summed E-state index contributed by atoms with van der Waals surface area (Å²) in [6.45, 7) is 0.504. The number of hydrogen-bond acceptors (Lipinski definition) is 2. The lowest BCUT2D eigenvalue weighted by atomic mass is 10.0. The van der Waals surface area contributed by atoms with E-state index in [1.807, 2.05) is 12.1 Å². The zero-order chi connectivity index (χ0) is 15.5. The van der Waals surface area contributed by atoms with Gasteiger partial charge in [0.2, 0.25) is 0 Å². The van der Waals surface area contributed by atoms with Crippen LogP contribution in [-0.4, -0.2) is 14.9 Å². The molecular weight excluding hydrogens is 286 g/mol. The average molecular weight is 300 g/mol. The van der Waals surface area contributed by atoms with Crippen molar-refractivity contribution in [2.24, 2.45) is 0 Å². The van der Waals surface area contributed by atoms with Crippen molar-refractivity contribution in [1.82, 2.24) is 9.78 Å². The van der Waals surface area contributed by atoms with Gasteiger partial charge in [0.05, 0.1) is 19.3 Å². The van der Waals surface area contributed by atoms with E-state index in [1.165, 1.54) is 6.07 Å². The topological polar surface area (TPSA) is 38.1 Å². The minimum absolute atomic E-state index is 0.0439. The number of rotatable bonds is 4. The molecule has 0 spiro atoms. The van der Waals surface area contributed by atoms with Crippen LogP contribution in [0.3, 0.4) is 0 Å². The number of aromatic nitrogens is 2. The highest BCUT2D eigenvalue weighted by molar-refractivity contribution is 5.64. The molecule has 1 aromatic heterocycles. The summed E-state index contributed by atoms with van der Waals surface area (Å²) >= 11 is 0. The lowest BCUT2D eigenvalue weighted by Crippen LogP contribution is -1.99. The summed E-state index contributed by atoms with van der Waals surface area (Å²) in [6.07, 6.45) is 3.37. The highest BCUT2D eigenvalue weighted by Gasteiger charge is 2.07. The third-order valence-electron chi connectivity index (χ3n) is 3.41. The minimum atomic E-state index is -0.464. The lowest BCUT2D eigenvalue weighted by Gasteiger charge is -2.06. The summed E-state index contributed by atoms with van der Waals surface area (Å²) in [5, 5.41) is 13.1. The van der Waals surface area contributed by atoms with Crippen LogP contribution in [0.4, 0.5) is 8.78 Å². The van der Waals surface area contributed by atoms with E-state index >= 15 is 0 Å². The fraction of sp³-hybridized carbons (Fsp3) is 0.118. The van der Waals surface area contributed by atoms with Gasteiger partial charge >= 0.3 is 0 Å². The van der Waals surface area contributed by atoms with E-state index in [2.05, 4.69) is 5.10 Å². The molecule has 1 heterocycles. The number of hydrogen-bond donors (Lipinski definition) is 1. The fourth-order valence-corrected chi connectivity index (χ4v) is 2.27. The molecule has 0 unspecified atom stereocenters. The Morgan fingerprint density at radius 1 is 1.00 bits per heavy atom. The fourth-order valence-electron chi connectivity index (χ4n) is 2.27. The molecule has 0 fully saturated rings. The van der Waals surface area contributed by atoms with Gasteiger partial charge in [-0.2, -0.15) is 5.10 Å². The van der Waals surface area contributed by atoms with Gasteiger partial charge in [0.15, 0.2) is 0 Å². The van der Waals surface area contributed by atoms with Crippen LogP contribution in [-0.2, 0) is 13.2 Å². The first-order valence-corrected chi connectivity index (χ1v) is 6.82. The van der Waals surface area contributed by atoms with Gasteiger partial charge < -0.3 is 5.11 Å². The molecule has 0 saturated heterocycles. The van der Waals surface area contributed by atoms with Crippen molar-refractivity contribution in [3.05, 3.63) is 77.6 Å². The zero-order valence-corrected chi connectivity index (χ0v) is 11.7. The van der Waals surface area contributed by atoms with Crippen molar-refractivity contribution >= 4 is 0 Å². The molecule has 3 rings (SSSR count). The number of benzene rings is 2. The molecule has 0 saturated carbocycles. The smallest absolute Gasteiger partial charge is 0.131 e. The predicted molar refractivity (Wildman–Crippen MR) is 79.0 cm³/mol. The van der Waals surface area contributed by atoms with Gasteiger partial charge in [-0.05, 0) is 29.3 Å². The molecule has 0 aliphatic rings. The van der Waals surface area contributed by atoms with Crippen LogP contribution < -0.4 is 0 Å². The maximum Gasteiger partial charge on any atom is 0.131 e. The molecule has 2 aromatic carbocycles. The molecule has 0 radical (unpaired) electrons. The second-order valence-corrected chi connectivity index (χ2v) is 5.03. The quantitative estimate of drug-likeness (QED) is 0.802. The van der Waals surface area contributed by atoms with Crippen molar-refractivity contribution in [2.75, 3.05) is 0 Å². The van der Waals surface area contributed by atoms with Crippen LogP contribution in [0.25, 0.3) is 11.1 Å². The maximum absolute atomic E-state index is 13.7. The van der Waals surface area contributed by atoms with Crippen LogP contribution in [0.5, 0.6) is 0 Å². The van der Waals surface area contributed by atoms with Gasteiger partial charge in [0.1, 0.15) is 11.6 Å². The van der Waals surface area contributed by atoms with E-state index in [1.54, 1.807) is 29.2 Å². The van der Waals surface area contributed by atoms with Crippen LogP contribution >= 0.6 is 0 Å². The molecule has 0 aliphatic carbocycles. The first-order chi connectivity index (χ1) is 10.7. The van der Waals surface area contributed by atoms with Crippen molar-refractivity contribution in [3.63, 3.8) is 0 Å². The summed E-state index contributed by atoms with van der Waals surface area (Å²) in [5.74, 6) is -0.914. The first kappa shape index (κ1) is 14.4. The Kier molecular flexibility index (Phi) is 3.98. The summed E-state index contributed by atoms with van der Waals surface area (Å²) in [7, 11) is 0.